The Bertz CT molecular complexity index is 936. The summed E-state index contributed by atoms with van der Waals surface area (Å²) in [6, 6.07) is 20.7. The number of nitrogens with one attached hydrogen (secondary N) is 1. The van der Waals surface area contributed by atoms with Crippen molar-refractivity contribution in [3.63, 3.8) is 0 Å². The van der Waals surface area contributed by atoms with Crippen LogP contribution in [0.3, 0.4) is 0 Å². The zero-order chi connectivity index (χ0) is 18.4. The maximum atomic E-state index is 12.0. The fourth-order valence-electron chi connectivity index (χ4n) is 2.61. The number of anilines is 1. The summed E-state index contributed by atoms with van der Waals surface area (Å²) in [5.41, 5.74) is 1.43. The molecule has 1 N–H and O–H groups in total. The van der Waals surface area contributed by atoms with Crippen molar-refractivity contribution in [1.82, 2.24) is 0 Å². The van der Waals surface area contributed by atoms with Gasteiger partial charge in [0.1, 0.15) is 5.75 Å². The van der Waals surface area contributed by atoms with Gasteiger partial charge in [0, 0.05) is 11.8 Å². The number of esters is 1. The Labute approximate surface area is 151 Å². The standard InChI is InChI=1S/C21H19NO4/c1-25-19-8-4-7-18(13-19)22-20(23)14-26-21(24)12-15-9-10-16-5-2-3-6-17(16)11-15/h2-11,13H,12,14H2,1H3,(H,22,23). The van der Waals surface area contributed by atoms with Gasteiger partial charge in [-0.3, -0.25) is 9.59 Å². The van der Waals surface area contributed by atoms with Crippen molar-refractivity contribution in [2.75, 3.05) is 19.0 Å². The van der Waals surface area contributed by atoms with Crippen LogP contribution in [0.2, 0.25) is 0 Å². The lowest BCUT2D eigenvalue weighted by Crippen LogP contribution is -2.21. The van der Waals surface area contributed by atoms with Gasteiger partial charge in [0.25, 0.3) is 5.91 Å². The highest BCUT2D eigenvalue weighted by atomic mass is 16.5. The molecular formula is C21H19NO4. The minimum absolute atomic E-state index is 0.122. The summed E-state index contributed by atoms with van der Waals surface area (Å²) >= 11 is 0. The molecule has 3 aromatic carbocycles. The lowest BCUT2D eigenvalue weighted by molar-refractivity contribution is -0.146. The number of fused-ring (bicyclic) bond motifs is 1. The van der Waals surface area contributed by atoms with E-state index in [1.165, 1.54) is 0 Å². The molecule has 0 atom stereocenters. The number of methoxy groups -OCH3 is 1. The Balaban J connectivity index is 1.51. The number of rotatable bonds is 6. The second-order valence-electron chi connectivity index (χ2n) is 5.80. The molecule has 0 aliphatic rings. The maximum absolute atomic E-state index is 12.0. The van der Waals surface area contributed by atoms with Gasteiger partial charge in [-0.15, -0.1) is 0 Å². The SMILES string of the molecule is COc1cccc(NC(=O)COC(=O)Cc2ccc3ccccc3c2)c1. The number of hydrogen-bond donors (Lipinski definition) is 1. The van der Waals surface area contributed by atoms with Gasteiger partial charge in [-0.05, 0) is 28.5 Å². The minimum atomic E-state index is -0.443. The Morgan fingerprint density at radius 3 is 2.54 bits per heavy atom. The molecule has 0 heterocycles. The third kappa shape index (κ3) is 4.60. The molecule has 5 heteroatoms. The highest BCUT2D eigenvalue weighted by Crippen LogP contribution is 2.17. The van der Waals surface area contributed by atoms with Gasteiger partial charge in [-0.1, -0.05) is 48.5 Å². The molecule has 0 aromatic heterocycles. The molecule has 132 valence electrons. The predicted octanol–water partition coefficient (Wildman–Crippen LogP) is 3.57. The van der Waals surface area contributed by atoms with Gasteiger partial charge < -0.3 is 14.8 Å². The first-order chi connectivity index (χ1) is 12.6. The van der Waals surface area contributed by atoms with Crippen LogP contribution >= 0.6 is 0 Å². The van der Waals surface area contributed by atoms with Gasteiger partial charge in [-0.2, -0.15) is 0 Å². The van der Waals surface area contributed by atoms with Crippen LogP contribution in [0.15, 0.2) is 66.7 Å². The molecule has 26 heavy (non-hydrogen) atoms. The smallest absolute Gasteiger partial charge is 0.310 e. The van der Waals surface area contributed by atoms with E-state index >= 15 is 0 Å². The summed E-state index contributed by atoms with van der Waals surface area (Å²) < 4.78 is 10.2. The van der Waals surface area contributed by atoms with Crippen molar-refractivity contribution < 1.29 is 19.1 Å². The van der Waals surface area contributed by atoms with Gasteiger partial charge in [0.05, 0.1) is 13.5 Å². The lowest BCUT2D eigenvalue weighted by Gasteiger charge is -2.08. The highest BCUT2D eigenvalue weighted by molar-refractivity contribution is 5.93. The average Bonchev–Trinajstić information content (AvgIpc) is 2.66. The van der Waals surface area contributed by atoms with E-state index in [2.05, 4.69) is 5.32 Å². The number of carbonyl (C=O) groups is 2. The van der Waals surface area contributed by atoms with Crippen molar-refractivity contribution in [1.29, 1.82) is 0 Å². The Hall–Kier alpha value is -3.34. The second kappa shape index (κ2) is 8.16. The van der Waals surface area contributed by atoms with Gasteiger partial charge >= 0.3 is 5.97 Å². The van der Waals surface area contributed by atoms with Crippen LogP contribution in [0.1, 0.15) is 5.56 Å². The number of hydrogen-bond acceptors (Lipinski definition) is 4. The quantitative estimate of drug-likeness (QED) is 0.691. The number of carbonyl (C=O) groups excluding carboxylic acids is 2. The van der Waals surface area contributed by atoms with E-state index in [0.29, 0.717) is 11.4 Å². The summed E-state index contributed by atoms with van der Waals surface area (Å²) in [5, 5.41) is 4.84. The maximum Gasteiger partial charge on any atom is 0.310 e. The molecule has 0 radical (unpaired) electrons. The van der Waals surface area contributed by atoms with E-state index in [9.17, 15) is 9.59 Å². The summed E-state index contributed by atoms with van der Waals surface area (Å²) in [7, 11) is 1.55. The van der Waals surface area contributed by atoms with E-state index in [0.717, 1.165) is 16.3 Å². The highest BCUT2D eigenvalue weighted by Gasteiger charge is 2.10. The van der Waals surface area contributed by atoms with Crippen LogP contribution in [0.5, 0.6) is 5.75 Å². The number of ether oxygens (including phenoxy) is 2. The molecule has 0 aliphatic heterocycles. The zero-order valence-electron chi connectivity index (χ0n) is 14.4. The first kappa shape index (κ1) is 17.5. The molecule has 3 rings (SSSR count). The number of amides is 1. The fraction of sp³-hybridized carbons (Fsp3) is 0.143. The Morgan fingerprint density at radius 2 is 1.73 bits per heavy atom. The first-order valence-electron chi connectivity index (χ1n) is 8.21. The molecule has 0 spiro atoms. The van der Waals surface area contributed by atoms with Crippen LogP contribution in [-0.4, -0.2) is 25.6 Å². The summed E-state index contributed by atoms with van der Waals surface area (Å²) in [6.07, 6.45) is 0.122. The lowest BCUT2D eigenvalue weighted by atomic mass is 10.1. The van der Waals surface area contributed by atoms with Crippen molar-refractivity contribution >= 4 is 28.3 Å². The molecular weight excluding hydrogens is 330 g/mol. The normalized spacial score (nSPS) is 10.3. The third-order valence-electron chi connectivity index (χ3n) is 3.88. The Morgan fingerprint density at radius 1 is 0.923 bits per heavy atom. The zero-order valence-corrected chi connectivity index (χ0v) is 14.4. The molecule has 5 nitrogen and oxygen atoms in total. The van der Waals surface area contributed by atoms with Crippen LogP contribution in [0, 0.1) is 0 Å². The van der Waals surface area contributed by atoms with E-state index in [1.54, 1.807) is 31.4 Å². The van der Waals surface area contributed by atoms with E-state index in [4.69, 9.17) is 9.47 Å². The van der Waals surface area contributed by atoms with Crippen LogP contribution in [-0.2, 0) is 20.7 Å². The summed E-state index contributed by atoms with van der Waals surface area (Å²) in [6.45, 7) is -0.330. The summed E-state index contributed by atoms with van der Waals surface area (Å²) in [5.74, 6) is -0.206. The molecule has 0 saturated carbocycles. The van der Waals surface area contributed by atoms with E-state index < -0.39 is 11.9 Å². The molecule has 0 unspecified atom stereocenters. The predicted molar refractivity (Wildman–Crippen MR) is 100 cm³/mol. The Kier molecular flexibility index (Phi) is 5.49. The molecule has 1 amide bonds. The largest absolute Gasteiger partial charge is 0.497 e. The van der Waals surface area contributed by atoms with Gasteiger partial charge in [0.15, 0.2) is 6.61 Å². The summed E-state index contributed by atoms with van der Waals surface area (Å²) in [4.78, 5) is 23.9. The van der Waals surface area contributed by atoms with Crippen LogP contribution in [0.25, 0.3) is 10.8 Å². The monoisotopic (exact) mass is 349 g/mol. The second-order valence-corrected chi connectivity index (χ2v) is 5.80. The van der Waals surface area contributed by atoms with Crippen molar-refractivity contribution in [2.45, 2.75) is 6.42 Å². The topological polar surface area (TPSA) is 64.6 Å². The minimum Gasteiger partial charge on any atom is -0.497 e. The van der Waals surface area contributed by atoms with Crippen molar-refractivity contribution in [3.05, 3.63) is 72.3 Å². The first-order valence-corrected chi connectivity index (χ1v) is 8.21. The van der Waals surface area contributed by atoms with Crippen LogP contribution in [0.4, 0.5) is 5.69 Å². The molecule has 0 fully saturated rings. The van der Waals surface area contributed by atoms with Crippen molar-refractivity contribution in [3.8, 4) is 5.75 Å². The molecule has 3 aromatic rings. The molecule has 0 bridgehead atoms. The average molecular weight is 349 g/mol. The molecule has 0 saturated heterocycles. The van der Waals surface area contributed by atoms with E-state index in [1.807, 2.05) is 42.5 Å². The fourth-order valence-corrected chi connectivity index (χ4v) is 2.61. The molecule has 0 aliphatic carbocycles. The van der Waals surface area contributed by atoms with Gasteiger partial charge in [-0.25, -0.2) is 0 Å². The van der Waals surface area contributed by atoms with Gasteiger partial charge in [0.2, 0.25) is 0 Å². The third-order valence-corrected chi connectivity index (χ3v) is 3.88. The van der Waals surface area contributed by atoms with Crippen molar-refractivity contribution in [2.24, 2.45) is 0 Å². The van der Waals surface area contributed by atoms with Crippen LogP contribution < -0.4 is 10.1 Å². The number of benzene rings is 3. The van der Waals surface area contributed by atoms with E-state index in [-0.39, 0.29) is 13.0 Å².